The molecule has 0 aliphatic heterocycles. The fraction of sp³-hybridized carbons (Fsp3) is 0.727. The second-order valence-corrected chi connectivity index (χ2v) is 9.32. The Morgan fingerprint density at radius 1 is 1.28 bits per heavy atom. The van der Waals surface area contributed by atoms with E-state index >= 15 is 0 Å². The van der Waals surface area contributed by atoms with Crippen molar-refractivity contribution in [2.24, 2.45) is 34.5 Å². The summed E-state index contributed by atoms with van der Waals surface area (Å²) in [4.78, 5) is 23.9. The first-order chi connectivity index (χ1) is 11.8. The summed E-state index contributed by atoms with van der Waals surface area (Å²) in [5.41, 5.74) is 1.40. The molecule has 0 N–H and O–H groups in total. The fourth-order valence-corrected chi connectivity index (χ4v) is 6.80. The Balaban J connectivity index is 1.66. The first-order valence-electron chi connectivity index (χ1n) is 9.85. The van der Waals surface area contributed by atoms with E-state index in [1.807, 2.05) is 0 Å². The topological polar surface area (TPSA) is 43.4 Å². The number of esters is 1. The third-order valence-electron chi connectivity index (χ3n) is 7.94. The molecule has 0 radical (unpaired) electrons. The lowest BCUT2D eigenvalue weighted by molar-refractivity contribution is -0.144. The van der Waals surface area contributed by atoms with Gasteiger partial charge in [-0.1, -0.05) is 38.5 Å². The van der Waals surface area contributed by atoms with Crippen LogP contribution in [0.5, 0.6) is 0 Å². The van der Waals surface area contributed by atoms with Gasteiger partial charge in [-0.15, -0.1) is 0 Å². The molecule has 0 heterocycles. The third kappa shape index (κ3) is 2.38. The van der Waals surface area contributed by atoms with E-state index in [-0.39, 0.29) is 22.9 Å². The van der Waals surface area contributed by atoms with Crippen LogP contribution in [0.2, 0.25) is 0 Å². The van der Waals surface area contributed by atoms with Gasteiger partial charge in [0, 0.05) is 30.6 Å². The van der Waals surface area contributed by atoms with Crippen molar-refractivity contribution in [2.45, 2.75) is 65.9 Å². The lowest BCUT2D eigenvalue weighted by Crippen LogP contribution is -2.50. The van der Waals surface area contributed by atoms with Crippen LogP contribution in [0.1, 0.15) is 59.8 Å². The highest BCUT2D eigenvalue weighted by molar-refractivity contribution is 5.87. The summed E-state index contributed by atoms with van der Waals surface area (Å²) in [6.45, 7) is 8.35. The maximum Gasteiger partial charge on any atom is 0.303 e. The summed E-state index contributed by atoms with van der Waals surface area (Å²) < 4.78 is 5.43. The maximum atomic E-state index is 12.6. The monoisotopic (exact) mass is 342 g/mol. The summed E-state index contributed by atoms with van der Waals surface area (Å²) >= 11 is 0. The second kappa shape index (κ2) is 5.56. The van der Waals surface area contributed by atoms with E-state index in [0.29, 0.717) is 29.5 Å². The Morgan fingerprint density at radius 2 is 2.04 bits per heavy atom. The van der Waals surface area contributed by atoms with Crippen LogP contribution in [0.4, 0.5) is 0 Å². The summed E-state index contributed by atoms with van der Waals surface area (Å²) in [7, 11) is 0. The number of hydrogen-bond donors (Lipinski definition) is 0. The molecule has 0 aromatic carbocycles. The van der Waals surface area contributed by atoms with Gasteiger partial charge < -0.3 is 4.74 Å². The number of fused-ring (bicyclic) bond motifs is 5. The zero-order chi connectivity index (χ0) is 18.0. The lowest BCUT2D eigenvalue weighted by Gasteiger charge is -2.56. The molecule has 4 rings (SSSR count). The van der Waals surface area contributed by atoms with E-state index in [1.54, 1.807) is 0 Å². The smallest absolute Gasteiger partial charge is 0.303 e. The van der Waals surface area contributed by atoms with Gasteiger partial charge in [0.2, 0.25) is 0 Å². The minimum absolute atomic E-state index is 0.0618. The van der Waals surface area contributed by atoms with Crippen LogP contribution in [0.15, 0.2) is 23.8 Å². The van der Waals surface area contributed by atoms with Gasteiger partial charge in [-0.2, -0.15) is 0 Å². The number of hydrogen-bond acceptors (Lipinski definition) is 3. The Kier molecular flexibility index (Phi) is 3.79. The zero-order valence-electron chi connectivity index (χ0n) is 15.9. The Morgan fingerprint density at radius 3 is 2.76 bits per heavy atom. The number of ether oxygens (including phenoxy) is 1. The van der Waals surface area contributed by atoms with E-state index in [4.69, 9.17) is 4.74 Å². The standard InChI is InChI=1S/C22H30O3/c1-13-11-19(24)22(4)10-8-18-17(20(13)22)6-5-15-12-16(25-14(2)23)7-9-21(15,18)3/h5,7,9,13,16-18,20H,6,8,10-12H2,1-4H3/t13-,16?,17?,18?,20?,21+,22-/m1/s1. The number of rotatable bonds is 1. The molecule has 4 aliphatic carbocycles. The van der Waals surface area contributed by atoms with Gasteiger partial charge in [-0.3, -0.25) is 9.59 Å². The molecule has 0 amide bonds. The van der Waals surface area contributed by atoms with Crippen molar-refractivity contribution in [3.8, 4) is 0 Å². The molecule has 136 valence electrons. The van der Waals surface area contributed by atoms with Gasteiger partial charge in [0.1, 0.15) is 11.9 Å². The van der Waals surface area contributed by atoms with Gasteiger partial charge >= 0.3 is 5.97 Å². The minimum atomic E-state index is -0.209. The molecule has 4 aliphatic rings. The predicted molar refractivity (Wildman–Crippen MR) is 96.7 cm³/mol. The number of carbonyl (C=O) groups excluding carboxylic acids is 2. The van der Waals surface area contributed by atoms with Crippen molar-refractivity contribution in [3.05, 3.63) is 23.8 Å². The normalized spacial score (nSPS) is 48.2. The van der Waals surface area contributed by atoms with E-state index in [1.165, 1.54) is 12.5 Å². The van der Waals surface area contributed by atoms with Gasteiger partial charge in [0.25, 0.3) is 0 Å². The predicted octanol–water partition coefficient (Wildman–Crippen LogP) is 4.47. The van der Waals surface area contributed by atoms with Crippen molar-refractivity contribution < 1.29 is 14.3 Å². The molecular weight excluding hydrogens is 312 g/mol. The molecular formula is C22H30O3. The van der Waals surface area contributed by atoms with Crippen LogP contribution in [0, 0.1) is 34.5 Å². The Bertz CT molecular complexity index is 675. The van der Waals surface area contributed by atoms with E-state index < -0.39 is 0 Å². The van der Waals surface area contributed by atoms with Crippen molar-refractivity contribution in [2.75, 3.05) is 0 Å². The van der Waals surface area contributed by atoms with Gasteiger partial charge in [-0.05, 0) is 49.0 Å². The SMILES string of the molecule is CC(=O)OC1C=C[C@@]2(C)C(=CCC3C2CC[C@]2(C)C(=O)C[C@@H](C)C32)C1. The molecule has 2 saturated carbocycles. The molecule has 0 saturated heterocycles. The molecule has 4 unspecified atom stereocenters. The highest BCUT2D eigenvalue weighted by Crippen LogP contribution is 2.64. The summed E-state index contributed by atoms with van der Waals surface area (Å²) in [5, 5.41) is 0. The van der Waals surface area contributed by atoms with E-state index in [9.17, 15) is 9.59 Å². The van der Waals surface area contributed by atoms with Crippen LogP contribution in [-0.2, 0) is 14.3 Å². The van der Waals surface area contributed by atoms with Crippen molar-refractivity contribution in [1.29, 1.82) is 0 Å². The molecule has 25 heavy (non-hydrogen) atoms. The minimum Gasteiger partial charge on any atom is -0.458 e. The average molecular weight is 342 g/mol. The van der Waals surface area contributed by atoms with Crippen molar-refractivity contribution in [3.63, 3.8) is 0 Å². The van der Waals surface area contributed by atoms with Crippen molar-refractivity contribution >= 4 is 11.8 Å². The zero-order valence-corrected chi connectivity index (χ0v) is 15.9. The van der Waals surface area contributed by atoms with Crippen LogP contribution in [0.3, 0.4) is 0 Å². The Labute approximate surface area is 150 Å². The molecule has 2 fully saturated rings. The molecule has 0 aromatic rings. The van der Waals surface area contributed by atoms with Gasteiger partial charge in [0.05, 0.1) is 0 Å². The van der Waals surface area contributed by atoms with Crippen LogP contribution in [-0.4, -0.2) is 17.9 Å². The quantitative estimate of drug-likeness (QED) is 0.521. The van der Waals surface area contributed by atoms with Gasteiger partial charge in [-0.25, -0.2) is 0 Å². The van der Waals surface area contributed by atoms with Gasteiger partial charge in [0.15, 0.2) is 0 Å². The lowest BCUT2D eigenvalue weighted by atomic mass is 9.48. The molecule has 0 aromatic heterocycles. The largest absolute Gasteiger partial charge is 0.458 e. The second-order valence-electron chi connectivity index (χ2n) is 9.32. The van der Waals surface area contributed by atoms with Crippen LogP contribution < -0.4 is 0 Å². The third-order valence-corrected chi connectivity index (χ3v) is 7.94. The maximum absolute atomic E-state index is 12.6. The van der Waals surface area contributed by atoms with Crippen molar-refractivity contribution in [1.82, 2.24) is 0 Å². The summed E-state index contributed by atoms with van der Waals surface area (Å²) in [6, 6.07) is 0. The Hall–Kier alpha value is -1.38. The molecule has 0 bridgehead atoms. The first-order valence-corrected chi connectivity index (χ1v) is 9.85. The van der Waals surface area contributed by atoms with E-state index in [2.05, 4.69) is 39.0 Å². The number of allylic oxidation sites excluding steroid dienone is 2. The molecule has 7 atom stereocenters. The number of ketones is 1. The molecule has 3 nitrogen and oxygen atoms in total. The van der Waals surface area contributed by atoms with E-state index in [0.717, 1.165) is 32.1 Å². The summed E-state index contributed by atoms with van der Waals surface area (Å²) in [6.07, 6.45) is 11.5. The van der Waals surface area contributed by atoms with Crippen LogP contribution >= 0.6 is 0 Å². The number of carbonyl (C=O) groups is 2. The molecule has 3 heteroatoms. The average Bonchev–Trinajstić information content (AvgIpc) is 2.77. The van der Waals surface area contributed by atoms with Crippen LogP contribution in [0.25, 0.3) is 0 Å². The highest BCUT2D eigenvalue weighted by atomic mass is 16.5. The molecule has 0 spiro atoms. The fourth-order valence-electron chi connectivity index (χ4n) is 6.80. The summed E-state index contributed by atoms with van der Waals surface area (Å²) in [5.74, 6) is 2.52. The first kappa shape index (κ1) is 17.1. The highest BCUT2D eigenvalue weighted by Gasteiger charge is 2.60. The number of Topliss-reactive ketones (excluding diaryl/α,β-unsaturated/α-hetero) is 1.